The van der Waals surface area contributed by atoms with E-state index < -0.39 is 23.1 Å². The Hall–Kier alpha value is -1.03. The van der Waals surface area contributed by atoms with Crippen molar-refractivity contribution in [3.8, 4) is 0 Å². The van der Waals surface area contributed by atoms with E-state index in [0.717, 1.165) is 36.8 Å². The lowest BCUT2D eigenvalue weighted by molar-refractivity contribution is -0.0263. The van der Waals surface area contributed by atoms with E-state index in [2.05, 4.69) is 6.92 Å². The summed E-state index contributed by atoms with van der Waals surface area (Å²) in [4.78, 5) is 0. The van der Waals surface area contributed by atoms with Crippen LogP contribution >= 0.6 is 0 Å². The highest BCUT2D eigenvalue weighted by molar-refractivity contribution is 5.26. The second-order valence-electron chi connectivity index (χ2n) is 7.64. The zero-order valence-corrected chi connectivity index (χ0v) is 13.6. The molecule has 1 nitrogen and oxygen atoms in total. The minimum absolute atomic E-state index is 0.171. The van der Waals surface area contributed by atoms with Gasteiger partial charge in [0.05, 0.1) is 5.60 Å². The lowest BCUT2D eigenvalue weighted by Gasteiger charge is -2.41. The number of hydrogen-bond acceptors (Lipinski definition) is 1. The molecule has 0 unspecified atom stereocenters. The summed E-state index contributed by atoms with van der Waals surface area (Å²) >= 11 is 0. The summed E-state index contributed by atoms with van der Waals surface area (Å²) in [5.74, 6) is -1.79. The van der Waals surface area contributed by atoms with E-state index in [9.17, 15) is 18.3 Å². The minimum atomic E-state index is -1.47. The fourth-order valence-corrected chi connectivity index (χ4v) is 4.46. The smallest absolute Gasteiger partial charge is 0.194 e. The van der Waals surface area contributed by atoms with Gasteiger partial charge in [-0.15, -0.1) is 0 Å². The Morgan fingerprint density at radius 2 is 1.35 bits per heavy atom. The maximum absolute atomic E-state index is 13.4. The van der Waals surface area contributed by atoms with Crippen molar-refractivity contribution in [2.75, 3.05) is 0 Å². The van der Waals surface area contributed by atoms with Crippen LogP contribution in [0.15, 0.2) is 12.1 Å². The fourth-order valence-electron chi connectivity index (χ4n) is 4.46. The Bertz CT molecular complexity index is 533. The van der Waals surface area contributed by atoms with E-state index in [1.807, 2.05) is 0 Å². The van der Waals surface area contributed by atoms with Gasteiger partial charge in [-0.25, -0.2) is 13.2 Å². The van der Waals surface area contributed by atoms with E-state index in [-0.39, 0.29) is 5.56 Å². The average Bonchev–Trinajstić information content (AvgIpc) is 2.54. The number of benzene rings is 1. The van der Waals surface area contributed by atoms with Gasteiger partial charge in [-0.2, -0.15) is 0 Å². The summed E-state index contributed by atoms with van der Waals surface area (Å²) in [6.07, 6.45) is 7.79. The van der Waals surface area contributed by atoms with Crippen molar-refractivity contribution in [3.05, 3.63) is 35.1 Å². The lowest BCUT2D eigenvalue weighted by atomic mass is 9.67. The van der Waals surface area contributed by atoms with Gasteiger partial charge in [0, 0.05) is 0 Å². The predicted molar refractivity (Wildman–Crippen MR) is 83.3 cm³/mol. The lowest BCUT2D eigenvalue weighted by Crippen LogP contribution is -2.34. The molecule has 2 saturated carbocycles. The molecule has 23 heavy (non-hydrogen) atoms. The standard InChI is InChI=1S/C19H25F3O/c1-12-2-4-13(5-3-12)14-6-8-19(23,9-7-14)15-10-16(20)18(22)17(21)11-15/h10-14,23H,2-9H2,1H3. The molecule has 1 aromatic carbocycles. The predicted octanol–water partition coefficient (Wildman–Crippen LogP) is 5.31. The highest BCUT2D eigenvalue weighted by Crippen LogP contribution is 2.46. The molecule has 128 valence electrons. The van der Waals surface area contributed by atoms with E-state index in [4.69, 9.17) is 0 Å². The van der Waals surface area contributed by atoms with Crippen LogP contribution in [-0.2, 0) is 5.60 Å². The van der Waals surface area contributed by atoms with Crippen molar-refractivity contribution in [2.24, 2.45) is 17.8 Å². The van der Waals surface area contributed by atoms with Crippen molar-refractivity contribution in [2.45, 2.75) is 63.9 Å². The second kappa shape index (κ2) is 6.46. The maximum atomic E-state index is 13.4. The van der Waals surface area contributed by atoms with Crippen LogP contribution in [0.4, 0.5) is 13.2 Å². The van der Waals surface area contributed by atoms with Crippen molar-refractivity contribution >= 4 is 0 Å². The molecule has 0 spiro atoms. The first-order valence-electron chi connectivity index (χ1n) is 8.76. The summed E-state index contributed by atoms with van der Waals surface area (Å²) in [5.41, 5.74) is -1.06. The first kappa shape index (κ1) is 16.8. The number of hydrogen-bond donors (Lipinski definition) is 1. The van der Waals surface area contributed by atoms with Crippen LogP contribution in [0.2, 0.25) is 0 Å². The first-order chi connectivity index (χ1) is 10.9. The zero-order chi connectivity index (χ0) is 16.6. The van der Waals surface area contributed by atoms with Crippen LogP contribution in [-0.4, -0.2) is 5.11 Å². The van der Waals surface area contributed by atoms with Crippen molar-refractivity contribution < 1.29 is 18.3 Å². The van der Waals surface area contributed by atoms with Crippen LogP contribution in [0, 0.1) is 35.2 Å². The first-order valence-corrected chi connectivity index (χ1v) is 8.76. The monoisotopic (exact) mass is 326 g/mol. The topological polar surface area (TPSA) is 20.2 Å². The maximum Gasteiger partial charge on any atom is 0.194 e. The van der Waals surface area contributed by atoms with E-state index >= 15 is 0 Å². The van der Waals surface area contributed by atoms with Gasteiger partial charge in [0.2, 0.25) is 0 Å². The summed E-state index contributed by atoms with van der Waals surface area (Å²) in [7, 11) is 0. The van der Waals surface area contributed by atoms with Gasteiger partial charge in [-0.3, -0.25) is 0 Å². The molecule has 0 heterocycles. The van der Waals surface area contributed by atoms with E-state index in [0.29, 0.717) is 18.8 Å². The highest BCUT2D eigenvalue weighted by Gasteiger charge is 2.38. The van der Waals surface area contributed by atoms with Gasteiger partial charge in [-0.1, -0.05) is 19.8 Å². The van der Waals surface area contributed by atoms with Crippen LogP contribution in [0.25, 0.3) is 0 Å². The van der Waals surface area contributed by atoms with E-state index in [1.54, 1.807) is 0 Å². The molecule has 3 rings (SSSR count). The molecule has 2 fully saturated rings. The molecule has 0 aliphatic heterocycles. The van der Waals surface area contributed by atoms with Crippen LogP contribution < -0.4 is 0 Å². The Balaban J connectivity index is 1.67. The number of aliphatic hydroxyl groups is 1. The summed E-state index contributed by atoms with van der Waals surface area (Å²) in [6, 6.07) is 1.89. The minimum Gasteiger partial charge on any atom is -0.385 e. The van der Waals surface area contributed by atoms with Crippen LogP contribution in [0.3, 0.4) is 0 Å². The van der Waals surface area contributed by atoms with E-state index in [1.165, 1.54) is 25.7 Å². The molecule has 1 aromatic rings. The molecule has 0 saturated heterocycles. The van der Waals surface area contributed by atoms with Crippen molar-refractivity contribution in [1.29, 1.82) is 0 Å². The highest BCUT2D eigenvalue weighted by atomic mass is 19.2. The molecule has 2 aliphatic carbocycles. The molecular formula is C19H25F3O. The van der Waals surface area contributed by atoms with Crippen LogP contribution in [0.5, 0.6) is 0 Å². The van der Waals surface area contributed by atoms with Gasteiger partial charge in [0.15, 0.2) is 17.5 Å². The summed E-state index contributed by atoms with van der Waals surface area (Å²) < 4.78 is 40.0. The van der Waals surface area contributed by atoms with Crippen LogP contribution in [0.1, 0.15) is 63.9 Å². The SMILES string of the molecule is CC1CCC(C2CCC(O)(c3cc(F)c(F)c(F)c3)CC2)CC1. The molecule has 0 atom stereocenters. The van der Waals surface area contributed by atoms with Gasteiger partial charge in [0.1, 0.15) is 0 Å². The van der Waals surface area contributed by atoms with Gasteiger partial charge in [-0.05, 0) is 74.0 Å². The molecule has 2 aliphatic rings. The molecule has 1 N–H and O–H groups in total. The number of halogens is 3. The molecule has 0 amide bonds. The zero-order valence-electron chi connectivity index (χ0n) is 13.6. The second-order valence-corrected chi connectivity index (χ2v) is 7.64. The molecule has 0 aromatic heterocycles. The Kier molecular flexibility index (Phi) is 4.73. The third kappa shape index (κ3) is 3.42. The van der Waals surface area contributed by atoms with Gasteiger partial charge in [0.25, 0.3) is 0 Å². The summed E-state index contributed by atoms with van der Waals surface area (Å²) in [6.45, 7) is 2.30. The molecule has 0 bridgehead atoms. The third-order valence-electron chi connectivity index (χ3n) is 6.11. The third-order valence-corrected chi connectivity index (χ3v) is 6.11. The summed E-state index contributed by atoms with van der Waals surface area (Å²) in [5, 5.41) is 10.8. The van der Waals surface area contributed by atoms with Gasteiger partial charge < -0.3 is 5.11 Å². The average molecular weight is 326 g/mol. The van der Waals surface area contributed by atoms with Crippen molar-refractivity contribution in [1.82, 2.24) is 0 Å². The fraction of sp³-hybridized carbons (Fsp3) is 0.684. The quantitative estimate of drug-likeness (QED) is 0.730. The molecule has 4 heteroatoms. The number of rotatable bonds is 2. The Labute approximate surface area is 135 Å². The van der Waals surface area contributed by atoms with Crippen molar-refractivity contribution in [3.63, 3.8) is 0 Å². The molecule has 0 radical (unpaired) electrons. The largest absolute Gasteiger partial charge is 0.385 e. The Morgan fingerprint density at radius 3 is 1.87 bits per heavy atom. The normalized spacial score (nSPS) is 35.3. The van der Waals surface area contributed by atoms with Gasteiger partial charge >= 0.3 is 0 Å². The molecular weight excluding hydrogens is 301 g/mol. The Morgan fingerprint density at radius 1 is 0.870 bits per heavy atom.